The lowest BCUT2D eigenvalue weighted by atomic mass is 9.98. The average molecular weight is 350 g/mol. The van der Waals surface area contributed by atoms with Gasteiger partial charge in [-0.1, -0.05) is 23.7 Å². The van der Waals surface area contributed by atoms with Crippen molar-refractivity contribution < 1.29 is 18.7 Å². The number of aryl methyl sites for hydroxylation is 1. The molecule has 3 rings (SSSR count). The number of carbonyl (C=O) groups is 2. The molecule has 0 N–H and O–H groups in total. The molecule has 0 radical (unpaired) electrons. The summed E-state index contributed by atoms with van der Waals surface area (Å²) < 4.78 is 10.8. The maximum atomic E-state index is 12.9. The largest absolute Gasteiger partial charge is 0.466 e. The third-order valence-corrected chi connectivity index (χ3v) is 4.74. The number of amides is 1. The van der Waals surface area contributed by atoms with Crippen LogP contribution in [0, 0.1) is 12.8 Å². The van der Waals surface area contributed by atoms with E-state index in [1.165, 1.54) is 0 Å². The van der Waals surface area contributed by atoms with E-state index < -0.39 is 0 Å². The molecule has 1 aliphatic rings. The van der Waals surface area contributed by atoms with Gasteiger partial charge < -0.3 is 14.1 Å². The van der Waals surface area contributed by atoms with Gasteiger partial charge in [0.1, 0.15) is 0 Å². The van der Waals surface area contributed by atoms with Gasteiger partial charge in [-0.05, 0) is 32.8 Å². The summed E-state index contributed by atoms with van der Waals surface area (Å²) in [5, 5.41) is 1.32. The molecular formula is C18H20ClNO4. The van der Waals surface area contributed by atoms with E-state index in [-0.39, 0.29) is 17.8 Å². The van der Waals surface area contributed by atoms with Gasteiger partial charge in [0.25, 0.3) is 5.91 Å². The van der Waals surface area contributed by atoms with Gasteiger partial charge >= 0.3 is 5.97 Å². The number of rotatable bonds is 3. The number of esters is 1. The number of benzene rings is 1. The number of halogens is 1. The minimum Gasteiger partial charge on any atom is -0.466 e. The second-order valence-corrected chi connectivity index (χ2v) is 6.42. The van der Waals surface area contributed by atoms with Crippen LogP contribution in [-0.4, -0.2) is 36.5 Å². The molecule has 0 spiro atoms. The van der Waals surface area contributed by atoms with Crippen molar-refractivity contribution in [2.75, 3.05) is 19.7 Å². The van der Waals surface area contributed by atoms with Crippen LogP contribution in [0.15, 0.2) is 22.6 Å². The summed E-state index contributed by atoms with van der Waals surface area (Å²) in [7, 11) is 0. The number of ether oxygens (including phenoxy) is 1. The van der Waals surface area contributed by atoms with E-state index in [1.54, 1.807) is 17.9 Å². The summed E-state index contributed by atoms with van der Waals surface area (Å²) >= 11 is 6.15. The second-order valence-electron chi connectivity index (χ2n) is 6.02. The van der Waals surface area contributed by atoms with E-state index in [0.717, 1.165) is 23.8 Å². The maximum absolute atomic E-state index is 12.9. The van der Waals surface area contributed by atoms with Crippen molar-refractivity contribution in [1.29, 1.82) is 0 Å². The van der Waals surface area contributed by atoms with Crippen LogP contribution in [0.25, 0.3) is 11.0 Å². The summed E-state index contributed by atoms with van der Waals surface area (Å²) in [6, 6.07) is 5.45. The van der Waals surface area contributed by atoms with E-state index in [1.807, 2.05) is 19.1 Å². The molecular weight excluding hydrogens is 330 g/mol. The minimum atomic E-state index is -0.268. The standard InChI is InChI=1S/C18H20ClNO4/c1-3-23-18(22)12-6-5-9-20(10-12)17(21)15-11(2)13-7-4-8-14(19)16(13)24-15/h4,7-8,12H,3,5-6,9-10H2,1-2H3. The first-order chi connectivity index (χ1) is 11.5. The maximum Gasteiger partial charge on any atom is 0.310 e. The van der Waals surface area contributed by atoms with Gasteiger partial charge in [-0.3, -0.25) is 9.59 Å². The zero-order valence-corrected chi connectivity index (χ0v) is 14.6. The Morgan fingerprint density at radius 3 is 2.92 bits per heavy atom. The molecule has 128 valence electrons. The van der Waals surface area contributed by atoms with Crippen molar-refractivity contribution >= 4 is 34.4 Å². The smallest absolute Gasteiger partial charge is 0.310 e. The number of hydrogen-bond donors (Lipinski definition) is 0. The van der Waals surface area contributed by atoms with Crippen LogP contribution in [0.4, 0.5) is 0 Å². The zero-order chi connectivity index (χ0) is 17.3. The fourth-order valence-electron chi connectivity index (χ4n) is 3.17. The zero-order valence-electron chi connectivity index (χ0n) is 13.8. The lowest BCUT2D eigenvalue weighted by Crippen LogP contribution is -2.42. The number of fused-ring (bicyclic) bond motifs is 1. The lowest BCUT2D eigenvalue weighted by Gasteiger charge is -2.31. The highest BCUT2D eigenvalue weighted by Gasteiger charge is 2.32. The first-order valence-corrected chi connectivity index (χ1v) is 8.54. The van der Waals surface area contributed by atoms with Crippen molar-refractivity contribution in [3.05, 3.63) is 34.5 Å². The molecule has 0 bridgehead atoms. The Morgan fingerprint density at radius 2 is 2.21 bits per heavy atom. The van der Waals surface area contributed by atoms with Gasteiger partial charge in [0.2, 0.25) is 0 Å². The molecule has 1 aromatic heterocycles. The van der Waals surface area contributed by atoms with Crippen LogP contribution in [0.3, 0.4) is 0 Å². The predicted molar refractivity (Wildman–Crippen MR) is 91.2 cm³/mol. The molecule has 24 heavy (non-hydrogen) atoms. The molecule has 2 aromatic rings. The molecule has 1 unspecified atom stereocenters. The van der Waals surface area contributed by atoms with Gasteiger partial charge in [0.15, 0.2) is 11.3 Å². The van der Waals surface area contributed by atoms with Crippen molar-refractivity contribution in [3.63, 3.8) is 0 Å². The number of furan rings is 1. The molecule has 1 amide bonds. The van der Waals surface area contributed by atoms with Crippen LogP contribution in [-0.2, 0) is 9.53 Å². The normalized spacial score (nSPS) is 18.0. The van der Waals surface area contributed by atoms with Crippen molar-refractivity contribution in [2.45, 2.75) is 26.7 Å². The van der Waals surface area contributed by atoms with Gasteiger partial charge in [-0.15, -0.1) is 0 Å². The Morgan fingerprint density at radius 1 is 1.42 bits per heavy atom. The molecule has 6 heteroatoms. The average Bonchev–Trinajstić information content (AvgIpc) is 2.93. The van der Waals surface area contributed by atoms with E-state index >= 15 is 0 Å². The minimum absolute atomic E-state index is 0.200. The highest BCUT2D eigenvalue weighted by Crippen LogP contribution is 2.32. The Bertz CT molecular complexity index is 783. The third-order valence-electron chi connectivity index (χ3n) is 4.44. The molecule has 5 nitrogen and oxygen atoms in total. The summed E-state index contributed by atoms with van der Waals surface area (Å²) in [6.45, 7) is 4.96. The molecule has 0 aliphatic carbocycles. The Labute approximate surface area is 145 Å². The monoisotopic (exact) mass is 349 g/mol. The Kier molecular flexibility index (Phi) is 4.81. The predicted octanol–water partition coefficient (Wildman–Crippen LogP) is 3.81. The van der Waals surface area contributed by atoms with Crippen molar-refractivity contribution in [1.82, 2.24) is 4.90 Å². The summed E-state index contributed by atoms with van der Waals surface area (Å²) in [4.78, 5) is 26.5. The molecule has 1 aliphatic heterocycles. The molecule has 2 heterocycles. The topological polar surface area (TPSA) is 59.8 Å². The summed E-state index contributed by atoms with van der Waals surface area (Å²) in [5.41, 5.74) is 1.30. The number of hydrogen-bond acceptors (Lipinski definition) is 4. The molecule has 1 aromatic carbocycles. The quantitative estimate of drug-likeness (QED) is 0.790. The summed E-state index contributed by atoms with van der Waals surface area (Å²) in [6.07, 6.45) is 1.52. The van der Waals surface area contributed by atoms with E-state index in [9.17, 15) is 9.59 Å². The first kappa shape index (κ1) is 16.8. The van der Waals surface area contributed by atoms with Gasteiger partial charge in [-0.25, -0.2) is 0 Å². The van der Waals surface area contributed by atoms with Crippen LogP contribution in [0.1, 0.15) is 35.9 Å². The highest BCUT2D eigenvalue weighted by atomic mass is 35.5. The molecule has 1 fully saturated rings. The van der Waals surface area contributed by atoms with Crippen LogP contribution < -0.4 is 0 Å². The molecule has 1 atom stereocenters. The van der Waals surface area contributed by atoms with E-state index in [4.69, 9.17) is 20.8 Å². The number of para-hydroxylation sites is 1. The second kappa shape index (κ2) is 6.85. The number of likely N-dealkylation sites (tertiary alicyclic amines) is 1. The summed E-state index contributed by atoms with van der Waals surface area (Å²) in [5.74, 6) is -0.410. The molecule has 1 saturated heterocycles. The van der Waals surface area contributed by atoms with Crippen LogP contribution >= 0.6 is 11.6 Å². The van der Waals surface area contributed by atoms with Crippen LogP contribution in [0.5, 0.6) is 0 Å². The van der Waals surface area contributed by atoms with E-state index in [0.29, 0.717) is 36.1 Å². The van der Waals surface area contributed by atoms with Crippen LogP contribution in [0.2, 0.25) is 5.02 Å². The number of carbonyl (C=O) groups excluding carboxylic acids is 2. The fraction of sp³-hybridized carbons (Fsp3) is 0.444. The van der Waals surface area contributed by atoms with E-state index in [2.05, 4.69) is 0 Å². The fourth-order valence-corrected chi connectivity index (χ4v) is 3.38. The van der Waals surface area contributed by atoms with Crippen molar-refractivity contribution in [2.24, 2.45) is 5.92 Å². The lowest BCUT2D eigenvalue weighted by molar-refractivity contribution is -0.149. The van der Waals surface area contributed by atoms with Gasteiger partial charge in [0.05, 0.1) is 17.5 Å². The number of nitrogens with zero attached hydrogens (tertiary/aromatic N) is 1. The Balaban J connectivity index is 1.85. The first-order valence-electron chi connectivity index (χ1n) is 8.16. The third kappa shape index (κ3) is 3.00. The van der Waals surface area contributed by atoms with Gasteiger partial charge in [-0.2, -0.15) is 0 Å². The SMILES string of the molecule is CCOC(=O)C1CCCN(C(=O)c2oc3c(Cl)cccc3c2C)C1. The number of piperidine rings is 1. The van der Waals surface area contributed by atoms with Crippen molar-refractivity contribution in [3.8, 4) is 0 Å². The van der Waals surface area contributed by atoms with Gasteiger partial charge in [0, 0.05) is 24.0 Å². The Hall–Kier alpha value is -2.01. The molecule has 0 saturated carbocycles. The highest BCUT2D eigenvalue weighted by molar-refractivity contribution is 6.35.